The van der Waals surface area contributed by atoms with E-state index in [0.29, 0.717) is 12.0 Å². The predicted molar refractivity (Wildman–Crippen MR) is 77.1 cm³/mol. The maximum absolute atomic E-state index is 11.7. The fraction of sp³-hybridized carbons (Fsp3) is 0.923. The van der Waals surface area contributed by atoms with Crippen LogP contribution >= 0.6 is 11.8 Å². The Hall–Kier alpha value is -0.420. The molecule has 1 unspecified atom stereocenters. The molecule has 0 bridgehead atoms. The highest BCUT2D eigenvalue weighted by Gasteiger charge is 2.33. The fourth-order valence-electron chi connectivity index (χ4n) is 1.79. The molecule has 1 aliphatic heterocycles. The molecular formula is C13H26N2O2S. The van der Waals surface area contributed by atoms with E-state index in [1.54, 1.807) is 4.90 Å². The summed E-state index contributed by atoms with van der Waals surface area (Å²) in [6.07, 6.45) is 1.93. The third-order valence-electron chi connectivity index (χ3n) is 2.74. The molecule has 0 aromatic rings. The minimum absolute atomic E-state index is 0.197. The van der Waals surface area contributed by atoms with Crippen LogP contribution in [-0.2, 0) is 4.74 Å². The van der Waals surface area contributed by atoms with Crippen LogP contribution in [-0.4, -0.2) is 54.3 Å². The summed E-state index contributed by atoms with van der Waals surface area (Å²) in [7, 11) is 0. The Morgan fingerprint density at radius 1 is 1.50 bits per heavy atom. The minimum Gasteiger partial charge on any atom is -0.444 e. The monoisotopic (exact) mass is 274 g/mol. The summed E-state index contributed by atoms with van der Waals surface area (Å²) in [4.78, 5) is 13.5. The molecule has 18 heavy (non-hydrogen) atoms. The van der Waals surface area contributed by atoms with Crippen molar-refractivity contribution < 1.29 is 9.53 Å². The van der Waals surface area contributed by atoms with Crippen molar-refractivity contribution in [2.24, 2.45) is 5.92 Å². The number of nitrogens with one attached hydrogen (secondary N) is 1. The SMILES string of the molecule is CSCC(C)CNC1CN(C(=O)OC(C)(C)C)C1. The normalized spacial score (nSPS) is 18.4. The van der Waals surface area contributed by atoms with Crippen LogP contribution in [0.1, 0.15) is 27.7 Å². The number of carbonyl (C=O) groups excluding carboxylic acids is 1. The molecule has 1 atom stereocenters. The van der Waals surface area contributed by atoms with E-state index in [1.807, 2.05) is 32.5 Å². The highest BCUT2D eigenvalue weighted by Crippen LogP contribution is 2.15. The van der Waals surface area contributed by atoms with Crippen molar-refractivity contribution in [3.8, 4) is 0 Å². The molecule has 1 aliphatic rings. The van der Waals surface area contributed by atoms with Crippen molar-refractivity contribution in [3.05, 3.63) is 0 Å². The number of nitrogens with zero attached hydrogens (tertiary/aromatic N) is 1. The quantitative estimate of drug-likeness (QED) is 0.834. The van der Waals surface area contributed by atoms with Crippen LogP contribution in [0.5, 0.6) is 0 Å². The third kappa shape index (κ3) is 5.48. The molecule has 0 radical (unpaired) electrons. The van der Waals surface area contributed by atoms with Gasteiger partial charge >= 0.3 is 6.09 Å². The van der Waals surface area contributed by atoms with Crippen LogP contribution < -0.4 is 5.32 Å². The van der Waals surface area contributed by atoms with Crippen molar-refractivity contribution in [3.63, 3.8) is 0 Å². The first-order valence-corrected chi connectivity index (χ1v) is 7.91. The number of hydrogen-bond donors (Lipinski definition) is 1. The lowest BCUT2D eigenvalue weighted by Crippen LogP contribution is -2.61. The lowest BCUT2D eigenvalue weighted by Gasteiger charge is -2.40. The molecule has 1 heterocycles. The van der Waals surface area contributed by atoms with Gasteiger partial charge in [0.1, 0.15) is 5.60 Å². The average molecular weight is 274 g/mol. The van der Waals surface area contributed by atoms with Crippen LogP contribution in [0.3, 0.4) is 0 Å². The first kappa shape index (κ1) is 15.6. The number of thioether (sulfide) groups is 1. The molecule has 1 rings (SSSR count). The van der Waals surface area contributed by atoms with Gasteiger partial charge in [0.05, 0.1) is 0 Å². The molecular weight excluding hydrogens is 248 g/mol. The Morgan fingerprint density at radius 2 is 2.11 bits per heavy atom. The van der Waals surface area contributed by atoms with Gasteiger partial charge in [0, 0.05) is 19.1 Å². The standard InChI is InChI=1S/C13H26N2O2S/c1-10(9-18-5)6-14-11-7-15(8-11)12(16)17-13(2,3)4/h10-11,14H,6-9H2,1-5H3. The summed E-state index contributed by atoms with van der Waals surface area (Å²) in [6, 6.07) is 0.432. The predicted octanol–water partition coefficient (Wildman–Crippen LogP) is 2.19. The number of ether oxygens (including phenoxy) is 1. The Bertz CT molecular complexity index is 273. The van der Waals surface area contributed by atoms with E-state index in [9.17, 15) is 4.79 Å². The van der Waals surface area contributed by atoms with Gasteiger partial charge in [-0.25, -0.2) is 4.79 Å². The maximum atomic E-state index is 11.7. The zero-order valence-corrected chi connectivity index (χ0v) is 13.0. The second-order valence-electron chi connectivity index (χ2n) is 6.05. The Labute approximate surface area is 115 Å². The van der Waals surface area contributed by atoms with Crippen molar-refractivity contribution in [1.82, 2.24) is 10.2 Å². The van der Waals surface area contributed by atoms with Crippen molar-refractivity contribution >= 4 is 17.9 Å². The Morgan fingerprint density at radius 3 is 2.61 bits per heavy atom. The van der Waals surface area contributed by atoms with Crippen LogP contribution in [0.4, 0.5) is 4.79 Å². The number of carbonyl (C=O) groups is 1. The van der Waals surface area contributed by atoms with Crippen molar-refractivity contribution in [2.45, 2.75) is 39.3 Å². The van der Waals surface area contributed by atoms with Gasteiger partial charge in [-0.2, -0.15) is 11.8 Å². The van der Waals surface area contributed by atoms with Gasteiger partial charge < -0.3 is 15.0 Å². The molecule has 0 aromatic heterocycles. The summed E-state index contributed by atoms with van der Waals surface area (Å²) >= 11 is 1.87. The molecule has 4 nitrogen and oxygen atoms in total. The van der Waals surface area contributed by atoms with Crippen LogP contribution in [0.2, 0.25) is 0 Å². The first-order chi connectivity index (χ1) is 8.31. The van der Waals surface area contributed by atoms with Crippen molar-refractivity contribution in [2.75, 3.05) is 31.6 Å². The Balaban J connectivity index is 2.14. The summed E-state index contributed by atoms with van der Waals surface area (Å²) in [5.41, 5.74) is -0.400. The molecule has 1 N–H and O–H groups in total. The molecule has 106 valence electrons. The Kier molecular flexibility index (Phi) is 5.79. The average Bonchev–Trinajstić information content (AvgIpc) is 2.12. The largest absolute Gasteiger partial charge is 0.444 e. The van der Waals surface area contributed by atoms with E-state index in [1.165, 1.54) is 5.75 Å². The maximum Gasteiger partial charge on any atom is 0.410 e. The molecule has 0 aromatic carbocycles. The molecule has 1 saturated heterocycles. The van der Waals surface area contributed by atoms with Gasteiger partial charge in [-0.15, -0.1) is 0 Å². The van der Waals surface area contributed by atoms with E-state index in [4.69, 9.17) is 4.74 Å². The molecule has 1 fully saturated rings. The van der Waals surface area contributed by atoms with Gasteiger partial charge in [0.25, 0.3) is 0 Å². The lowest BCUT2D eigenvalue weighted by molar-refractivity contribution is 0.00515. The first-order valence-electron chi connectivity index (χ1n) is 6.52. The summed E-state index contributed by atoms with van der Waals surface area (Å²) < 4.78 is 5.31. The zero-order valence-electron chi connectivity index (χ0n) is 12.2. The van der Waals surface area contributed by atoms with Crippen LogP contribution in [0.25, 0.3) is 0 Å². The van der Waals surface area contributed by atoms with Gasteiger partial charge in [-0.05, 0) is 45.2 Å². The molecule has 0 aliphatic carbocycles. The summed E-state index contributed by atoms with van der Waals surface area (Å²) in [6.45, 7) is 10.5. The van der Waals surface area contributed by atoms with E-state index in [-0.39, 0.29) is 6.09 Å². The lowest BCUT2D eigenvalue weighted by atomic mass is 10.1. The number of hydrogen-bond acceptors (Lipinski definition) is 4. The highest BCUT2D eigenvalue weighted by molar-refractivity contribution is 7.98. The van der Waals surface area contributed by atoms with Gasteiger partial charge in [0.15, 0.2) is 0 Å². The molecule has 0 saturated carbocycles. The van der Waals surface area contributed by atoms with Gasteiger partial charge in [-0.3, -0.25) is 0 Å². The molecule has 1 amide bonds. The highest BCUT2D eigenvalue weighted by atomic mass is 32.2. The minimum atomic E-state index is -0.400. The molecule has 0 spiro atoms. The molecule has 5 heteroatoms. The topological polar surface area (TPSA) is 41.6 Å². The third-order valence-corrected chi connectivity index (χ3v) is 3.64. The van der Waals surface area contributed by atoms with Crippen molar-refractivity contribution in [1.29, 1.82) is 0 Å². The zero-order chi connectivity index (χ0) is 13.8. The number of amides is 1. The fourth-order valence-corrected chi connectivity index (χ4v) is 2.48. The second kappa shape index (κ2) is 6.66. The van der Waals surface area contributed by atoms with Gasteiger partial charge in [0.2, 0.25) is 0 Å². The number of rotatable bonds is 5. The number of likely N-dealkylation sites (tertiary alicyclic amines) is 1. The van der Waals surface area contributed by atoms with E-state index in [2.05, 4.69) is 18.5 Å². The van der Waals surface area contributed by atoms with E-state index in [0.717, 1.165) is 19.6 Å². The second-order valence-corrected chi connectivity index (χ2v) is 6.96. The van der Waals surface area contributed by atoms with Gasteiger partial charge in [-0.1, -0.05) is 6.92 Å². The van der Waals surface area contributed by atoms with Crippen LogP contribution in [0.15, 0.2) is 0 Å². The smallest absolute Gasteiger partial charge is 0.410 e. The van der Waals surface area contributed by atoms with E-state index < -0.39 is 5.60 Å². The summed E-state index contributed by atoms with van der Waals surface area (Å²) in [5, 5.41) is 3.49. The van der Waals surface area contributed by atoms with Crippen LogP contribution in [0, 0.1) is 5.92 Å². The van der Waals surface area contributed by atoms with E-state index >= 15 is 0 Å². The summed E-state index contributed by atoms with van der Waals surface area (Å²) in [5.74, 6) is 1.85.